The summed E-state index contributed by atoms with van der Waals surface area (Å²) in [5.41, 5.74) is 9.96. The summed E-state index contributed by atoms with van der Waals surface area (Å²) < 4.78 is 11.1. The van der Waals surface area contributed by atoms with Crippen LogP contribution in [0.3, 0.4) is 0 Å². The van der Waals surface area contributed by atoms with Crippen LogP contribution in [0.1, 0.15) is 22.4 Å². The van der Waals surface area contributed by atoms with Gasteiger partial charge in [-0.2, -0.15) is 0 Å². The molecular weight excluding hydrogens is 264 g/mol. The highest BCUT2D eigenvalue weighted by Gasteiger charge is 2.07. The number of benzene rings is 1. The number of aromatic nitrogens is 1. The molecule has 2 rings (SSSR count). The summed E-state index contributed by atoms with van der Waals surface area (Å²) in [6.07, 6.45) is 0.888. The minimum absolute atomic E-state index is 0.426. The molecule has 1 aromatic heterocycles. The first-order chi connectivity index (χ1) is 10.1. The van der Waals surface area contributed by atoms with Crippen LogP contribution >= 0.6 is 0 Å². The van der Waals surface area contributed by atoms with Crippen LogP contribution in [-0.4, -0.2) is 18.6 Å². The highest BCUT2D eigenvalue weighted by atomic mass is 16.5. The molecule has 0 unspecified atom stereocenters. The number of pyridine rings is 1. The van der Waals surface area contributed by atoms with Crippen LogP contribution in [0.4, 0.5) is 0 Å². The molecule has 1 heterocycles. The van der Waals surface area contributed by atoms with Gasteiger partial charge in [0.05, 0.1) is 12.8 Å². The van der Waals surface area contributed by atoms with Gasteiger partial charge in [0.1, 0.15) is 12.4 Å². The standard InChI is InChI=1S/C17H22N2O2/c1-12-9-14(7-8-18)10-13(2)17(12)21-11-15-5-4-6-16(19-15)20-3/h4-6,9-10H,7-8,11,18H2,1-3H3. The van der Waals surface area contributed by atoms with E-state index in [2.05, 4.69) is 31.0 Å². The van der Waals surface area contributed by atoms with E-state index in [9.17, 15) is 0 Å². The Bertz CT molecular complexity index is 588. The molecule has 2 N–H and O–H groups in total. The van der Waals surface area contributed by atoms with E-state index in [1.54, 1.807) is 7.11 Å². The van der Waals surface area contributed by atoms with Crippen molar-refractivity contribution in [2.75, 3.05) is 13.7 Å². The van der Waals surface area contributed by atoms with Crippen molar-refractivity contribution in [3.05, 3.63) is 52.7 Å². The number of methoxy groups -OCH3 is 1. The Morgan fingerprint density at radius 1 is 1.14 bits per heavy atom. The number of aryl methyl sites for hydroxylation is 2. The fraction of sp³-hybridized carbons (Fsp3) is 0.353. The lowest BCUT2D eigenvalue weighted by molar-refractivity contribution is 0.294. The Balaban J connectivity index is 2.12. The van der Waals surface area contributed by atoms with Crippen LogP contribution in [0.15, 0.2) is 30.3 Å². The fourth-order valence-electron chi connectivity index (χ4n) is 2.38. The number of nitrogens with two attached hydrogens (primary N) is 1. The van der Waals surface area contributed by atoms with Gasteiger partial charge in [-0.3, -0.25) is 0 Å². The molecule has 4 heteroatoms. The summed E-state index contributed by atoms with van der Waals surface area (Å²) >= 11 is 0. The molecule has 0 fully saturated rings. The molecule has 112 valence electrons. The predicted octanol–water partition coefficient (Wildman–Crippen LogP) is 2.79. The number of nitrogens with zero attached hydrogens (tertiary/aromatic N) is 1. The quantitative estimate of drug-likeness (QED) is 0.887. The van der Waals surface area contributed by atoms with Gasteiger partial charge in [0, 0.05) is 6.07 Å². The SMILES string of the molecule is COc1cccc(COc2c(C)cc(CCN)cc2C)n1. The van der Waals surface area contributed by atoms with Gasteiger partial charge in [0.25, 0.3) is 0 Å². The molecule has 1 aromatic carbocycles. The molecule has 0 saturated carbocycles. The van der Waals surface area contributed by atoms with E-state index in [1.165, 1.54) is 5.56 Å². The first-order valence-electron chi connectivity index (χ1n) is 7.07. The molecule has 0 spiro atoms. The number of rotatable bonds is 6. The van der Waals surface area contributed by atoms with Gasteiger partial charge in [-0.25, -0.2) is 4.98 Å². The largest absolute Gasteiger partial charge is 0.487 e. The van der Waals surface area contributed by atoms with E-state index in [1.807, 2.05) is 18.2 Å². The normalized spacial score (nSPS) is 10.5. The first kappa shape index (κ1) is 15.3. The van der Waals surface area contributed by atoms with Gasteiger partial charge < -0.3 is 15.2 Å². The predicted molar refractivity (Wildman–Crippen MR) is 83.8 cm³/mol. The third-order valence-corrected chi connectivity index (χ3v) is 3.31. The molecule has 21 heavy (non-hydrogen) atoms. The van der Waals surface area contributed by atoms with Gasteiger partial charge in [-0.05, 0) is 49.6 Å². The molecule has 0 bridgehead atoms. The number of hydrogen-bond donors (Lipinski definition) is 1. The monoisotopic (exact) mass is 286 g/mol. The lowest BCUT2D eigenvalue weighted by Crippen LogP contribution is -2.05. The lowest BCUT2D eigenvalue weighted by Gasteiger charge is -2.14. The first-order valence-corrected chi connectivity index (χ1v) is 7.07. The summed E-state index contributed by atoms with van der Waals surface area (Å²) in [4.78, 5) is 4.35. The summed E-state index contributed by atoms with van der Waals surface area (Å²) in [7, 11) is 1.61. The molecule has 0 atom stereocenters. The average molecular weight is 286 g/mol. The maximum absolute atomic E-state index is 5.94. The van der Waals surface area contributed by atoms with E-state index in [-0.39, 0.29) is 0 Å². The number of hydrogen-bond acceptors (Lipinski definition) is 4. The summed E-state index contributed by atoms with van der Waals surface area (Å²) in [6, 6.07) is 9.93. The van der Waals surface area contributed by atoms with Crippen molar-refractivity contribution in [2.45, 2.75) is 26.9 Å². The van der Waals surface area contributed by atoms with Crippen LogP contribution in [0.25, 0.3) is 0 Å². The maximum atomic E-state index is 5.94. The van der Waals surface area contributed by atoms with Crippen molar-refractivity contribution in [2.24, 2.45) is 5.73 Å². The van der Waals surface area contributed by atoms with Gasteiger partial charge >= 0.3 is 0 Å². The zero-order valence-electron chi connectivity index (χ0n) is 12.8. The van der Waals surface area contributed by atoms with Gasteiger partial charge in [0.2, 0.25) is 5.88 Å². The molecule has 0 aliphatic carbocycles. The van der Waals surface area contributed by atoms with Gasteiger partial charge in [-0.1, -0.05) is 18.2 Å². The zero-order valence-corrected chi connectivity index (χ0v) is 12.8. The summed E-state index contributed by atoms with van der Waals surface area (Å²) in [5, 5.41) is 0. The van der Waals surface area contributed by atoms with E-state index in [4.69, 9.17) is 15.2 Å². The molecule has 2 aromatic rings. The van der Waals surface area contributed by atoms with Gasteiger partial charge in [0.15, 0.2) is 0 Å². The highest BCUT2D eigenvalue weighted by Crippen LogP contribution is 2.26. The van der Waals surface area contributed by atoms with Crippen molar-refractivity contribution in [1.29, 1.82) is 0 Å². The van der Waals surface area contributed by atoms with Crippen molar-refractivity contribution in [3.8, 4) is 11.6 Å². The second kappa shape index (κ2) is 7.09. The molecule has 0 saturated heterocycles. The van der Waals surface area contributed by atoms with E-state index < -0.39 is 0 Å². The Morgan fingerprint density at radius 3 is 2.48 bits per heavy atom. The van der Waals surface area contributed by atoms with Crippen LogP contribution in [0.2, 0.25) is 0 Å². The smallest absolute Gasteiger partial charge is 0.213 e. The van der Waals surface area contributed by atoms with Crippen LogP contribution in [-0.2, 0) is 13.0 Å². The third kappa shape index (κ3) is 3.95. The Morgan fingerprint density at radius 2 is 1.86 bits per heavy atom. The second-order valence-corrected chi connectivity index (χ2v) is 5.06. The Hall–Kier alpha value is -2.07. The van der Waals surface area contributed by atoms with Crippen molar-refractivity contribution in [1.82, 2.24) is 4.98 Å². The van der Waals surface area contributed by atoms with Crippen molar-refractivity contribution < 1.29 is 9.47 Å². The molecule has 0 radical (unpaired) electrons. The average Bonchev–Trinajstić information content (AvgIpc) is 2.47. The zero-order chi connectivity index (χ0) is 15.2. The fourth-order valence-corrected chi connectivity index (χ4v) is 2.38. The summed E-state index contributed by atoms with van der Waals surface area (Å²) in [6.45, 7) is 5.20. The number of ether oxygens (including phenoxy) is 2. The maximum Gasteiger partial charge on any atom is 0.213 e. The molecule has 0 aliphatic heterocycles. The Labute approximate surface area is 125 Å². The van der Waals surface area contributed by atoms with Crippen molar-refractivity contribution in [3.63, 3.8) is 0 Å². The molecule has 0 amide bonds. The third-order valence-electron chi connectivity index (χ3n) is 3.31. The van der Waals surface area contributed by atoms with Gasteiger partial charge in [-0.15, -0.1) is 0 Å². The van der Waals surface area contributed by atoms with E-state index in [0.717, 1.165) is 29.0 Å². The van der Waals surface area contributed by atoms with Crippen molar-refractivity contribution >= 4 is 0 Å². The minimum atomic E-state index is 0.426. The minimum Gasteiger partial charge on any atom is -0.487 e. The summed E-state index contributed by atoms with van der Waals surface area (Å²) in [5.74, 6) is 1.52. The highest BCUT2D eigenvalue weighted by molar-refractivity contribution is 5.43. The molecule has 0 aliphatic rings. The second-order valence-electron chi connectivity index (χ2n) is 5.06. The van der Waals surface area contributed by atoms with Crippen LogP contribution < -0.4 is 15.2 Å². The molecule has 4 nitrogen and oxygen atoms in total. The molecular formula is C17H22N2O2. The van der Waals surface area contributed by atoms with E-state index >= 15 is 0 Å². The Kier molecular flexibility index (Phi) is 5.17. The van der Waals surface area contributed by atoms with Crippen LogP contribution in [0.5, 0.6) is 11.6 Å². The van der Waals surface area contributed by atoms with E-state index in [0.29, 0.717) is 19.0 Å². The topological polar surface area (TPSA) is 57.4 Å². The lowest BCUT2D eigenvalue weighted by atomic mass is 10.0. The van der Waals surface area contributed by atoms with Crippen LogP contribution in [0, 0.1) is 13.8 Å².